The number of rotatable bonds is 10. The first-order chi connectivity index (χ1) is 20.5. The van der Waals surface area contributed by atoms with Gasteiger partial charge in [-0.2, -0.15) is 10.2 Å². The highest BCUT2D eigenvalue weighted by Gasteiger charge is 2.34. The van der Waals surface area contributed by atoms with Crippen LogP contribution in [0.5, 0.6) is 5.88 Å². The molecule has 220 valence electrons. The number of carbonyl (C=O) groups is 1. The minimum atomic E-state index is -4.57. The van der Waals surface area contributed by atoms with Gasteiger partial charge in [0.2, 0.25) is 21.6 Å². The van der Waals surface area contributed by atoms with Gasteiger partial charge >= 0.3 is 0 Å². The van der Waals surface area contributed by atoms with Crippen LogP contribution in [0.1, 0.15) is 54.7 Å². The van der Waals surface area contributed by atoms with Gasteiger partial charge in [0.25, 0.3) is 5.56 Å². The van der Waals surface area contributed by atoms with Gasteiger partial charge < -0.3 is 10.8 Å². The maximum atomic E-state index is 14.4. The van der Waals surface area contributed by atoms with Crippen LogP contribution in [-0.4, -0.2) is 29.0 Å². The van der Waals surface area contributed by atoms with Crippen LogP contribution in [0.15, 0.2) is 81.3 Å². The summed E-state index contributed by atoms with van der Waals surface area (Å²) in [4.78, 5) is 28.7. The molecule has 3 aromatic carbocycles. The minimum absolute atomic E-state index is 0.00226. The van der Waals surface area contributed by atoms with Crippen molar-refractivity contribution < 1.29 is 22.7 Å². The molecule has 1 heterocycles. The molecular formula is C32H29FN4O5S. The monoisotopic (exact) mass is 600 g/mol. The van der Waals surface area contributed by atoms with E-state index in [1.807, 2.05) is 6.07 Å². The summed E-state index contributed by atoms with van der Waals surface area (Å²) in [5.74, 6) is -1.66. The predicted molar refractivity (Wildman–Crippen MR) is 156 cm³/mol. The second-order valence-electron chi connectivity index (χ2n) is 10.6. The largest absolute Gasteiger partial charge is 0.492 e. The second kappa shape index (κ2) is 11.8. The molecule has 0 radical (unpaired) electrons. The van der Waals surface area contributed by atoms with E-state index in [0.29, 0.717) is 28.7 Å². The molecule has 1 aliphatic carbocycles. The van der Waals surface area contributed by atoms with E-state index in [9.17, 15) is 32.8 Å². The number of nitrogens with two attached hydrogens (primary N) is 1. The van der Waals surface area contributed by atoms with Gasteiger partial charge in [-0.1, -0.05) is 43.3 Å². The van der Waals surface area contributed by atoms with Gasteiger partial charge in [-0.3, -0.25) is 14.2 Å². The summed E-state index contributed by atoms with van der Waals surface area (Å²) in [6.45, 7) is 1.75. The minimum Gasteiger partial charge on any atom is -0.492 e. The number of amides is 1. The topological polar surface area (TPSA) is 156 Å². The first-order valence-electron chi connectivity index (χ1n) is 13.8. The number of primary amides is 1. The third-order valence-electron chi connectivity index (χ3n) is 7.56. The molecule has 1 aromatic heterocycles. The number of carbonyl (C=O) groups excluding carboxylic acids is 1. The Morgan fingerprint density at radius 3 is 2.49 bits per heavy atom. The molecule has 0 spiro atoms. The summed E-state index contributed by atoms with van der Waals surface area (Å²) in [7, 11) is -4.57. The molecule has 9 nitrogen and oxygen atoms in total. The van der Waals surface area contributed by atoms with Crippen molar-refractivity contribution in [2.75, 3.05) is 0 Å². The highest BCUT2D eigenvalue weighted by molar-refractivity contribution is 7.91. The van der Waals surface area contributed by atoms with Crippen LogP contribution in [0.2, 0.25) is 0 Å². The Bertz CT molecular complexity index is 1930. The molecule has 1 atom stereocenters. The lowest BCUT2D eigenvalue weighted by Gasteiger charge is -2.23. The predicted octanol–water partition coefficient (Wildman–Crippen LogP) is 4.44. The fraction of sp³-hybridized carbons (Fsp3) is 0.250. The molecule has 0 saturated heterocycles. The standard InChI is InChI=1S/C32H29FN4O5S/c1-2-27(23-13-20(18-34)14-24(33)16-23)37-29(15-19-7-8-19)36-31(39)30(32(37)40)43(41,42)25-11-9-21(10-12-25)26-6-4-3-5-22(26)17-28(35)38/h3-6,9-14,16,19,27,39H,2,7-8,15,17H2,1H3,(H2,35,38)/t27-/m0/s1. The first kappa shape index (κ1) is 29.7. The molecule has 1 amide bonds. The molecule has 0 bridgehead atoms. The van der Waals surface area contributed by atoms with Crippen LogP contribution in [0.3, 0.4) is 0 Å². The number of halogens is 1. The summed E-state index contributed by atoms with van der Waals surface area (Å²) >= 11 is 0. The average molecular weight is 601 g/mol. The lowest BCUT2D eigenvalue weighted by molar-refractivity contribution is -0.117. The molecule has 1 aliphatic rings. The summed E-state index contributed by atoms with van der Waals surface area (Å²) in [5.41, 5.74) is 6.76. The second-order valence-corrected chi connectivity index (χ2v) is 12.5. The van der Waals surface area contributed by atoms with E-state index in [0.717, 1.165) is 18.9 Å². The van der Waals surface area contributed by atoms with Crippen LogP contribution in [0, 0.1) is 23.1 Å². The van der Waals surface area contributed by atoms with Crippen LogP contribution in [0.4, 0.5) is 4.39 Å². The van der Waals surface area contributed by atoms with Gasteiger partial charge in [-0.15, -0.1) is 0 Å². The molecule has 43 heavy (non-hydrogen) atoms. The number of nitriles is 1. The Labute approximate surface area is 248 Å². The van der Waals surface area contributed by atoms with Crippen LogP contribution in [-0.2, 0) is 27.5 Å². The third-order valence-corrected chi connectivity index (χ3v) is 9.34. The van der Waals surface area contributed by atoms with E-state index in [-0.39, 0.29) is 35.0 Å². The Morgan fingerprint density at radius 2 is 1.86 bits per heavy atom. The fourth-order valence-corrected chi connectivity index (χ4v) is 6.69. The molecule has 3 N–H and O–H groups in total. The highest BCUT2D eigenvalue weighted by atomic mass is 32.2. The molecular weight excluding hydrogens is 571 g/mol. The van der Waals surface area contributed by atoms with Crippen molar-refractivity contribution in [3.05, 3.63) is 105 Å². The molecule has 5 rings (SSSR count). The highest BCUT2D eigenvalue weighted by Crippen LogP contribution is 2.35. The van der Waals surface area contributed by atoms with Gasteiger partial charge in [-0.25, -0.2) is 12.8 Å². The zero-order valence-electron chi connectivity index (χ0n) is 23.3. The van der Waals surface area contributed by atoms with Crippen molar-refractivity contribution in [2.45, 2.75) is 54.9 Å². The molecule has 0 aliphatic heterocycles. The van der Waals surface area contributed by atoms with Crippen molar-refractivity contribution in [1.29, 1.82) is 5.26 Å². The summed E-state index contributed by atoms with van der Waals surface area (Å²) < 4.78 is 43.4. The van der Waals surface area contributed by atoms with Crippen molar-refractivity contribution in [2.24, 2.45) is 11.7 Å². The maximum Gasteiger partial charge on any atom is 0.277 e. The van der Waals surface area contributed by atoms with Gasteiger partial charge in [0.05, 0.1) is 29.0 Å². The molecule has 1 fully saturated rings. The van der Waals surface area contributed by atoms with Crippen molar-refractivity contribution in [3.8, 4) is 23.1 Å². The Morgan fingerprint density at radius 1 is 1.16 bits per heavy atom. The van der Waals surface area contributed by atoms with Crippen molar-refractivity contribution in [3.63, 3.8) is 0 Å². The van der Waals surface area contributed by atoms with Crippen LogP contribution >= 0.6 is 0 Å². The normalized spacial score (nSPS) is 13.8. The third kappa shape index (κ3) is 6.05. The van der Waals surface area contributed by atoms with Crippen molar-refractivity contribution in [1.82, 2.24) is 9.55 Å². The van der Waals surface area contributed by atoms with Gasteiger partial charge in [0, 0.05) is 6.42 Å². The molecule has 0 unspecified atom stereocenters. The van der Waals surface area contributed by atoms with E-state index in [1.165, 1.54) is 28.8 Å². The lowest BCUT2D eigenvalue weighted by atomic mass is 9.98. The summed E-state index contributed by atoms with van der Waals surface area (Å²) in [6, 6.07) is 17.6. The van der Waals surface area contributed by atoms with Gasteiger partial charge in [-0.05, 0) is 77.8 Å². The van der Waals surface area contributed by atoms with E-state index in [4.69, 9.17) is 5.73 Å². The first-order valence-corrected chi connectivity index (χ1v) is 15.3. The van der Waals surface area contributed by atoms with Crippen LogP contribution < -0.4 is 11.3 Å². The zero-order valence-corrected chi connectivity index (χ0v) is 24.1. The Kier molecular flexibility index (Phi) is 8.15. The number of aromatic hydroxyl groups is 1. The molecule has 4 aromatic rings. The van der Waals surface area contributed by atoms with Gasteiger partial charge in [0.15, 0.2) is 4.90 Å². The number of aromatic nitrogens is 2. The van der Waals surface area contributed by atoms with Gasteiger partial charge in [0.1, 0.15) is 11.6 Å². The number of hydrogen-bond donors (Lipinski definition) is 2. The summed E-state index contributed by atoms with van der Waals surface area (Å²) in [5, 5.41) is 20.3. The zero-order chi connectivity index (χ0) is 30.9. The maximum absolute atomic E-state index is 14.4. The Hall–Kier alpha value is -4.82. The van der Waals surface area contributed by atoms with Crippen LogP contribution in [0.25, 0.3) is 11.1 Å². The van der Waals surface area contributed by atoms with E-state index >= 15 is 0 Å². The SMILES string of the molecule is CC[C@@H](c1cc(F)cc(C#N)c1)n1c(CC2CC2)nc(O)c(S(=O)(=O)c2ccc(-c3ccccc3CC(N)=O)cc2)c1=O. The van der Waals surface area contributed by atoms with E-state index in [2.05, 4.69) is 4.98 Å². The van der Waals surface area contributed by atoms with E-state index < -0.39 is 43.9 Å². The number of sulfone groups is 1. The van der Waals surface area contributed by atoms with E-state index in [1.54, 1.807) is 43.3 Å². The average Bonchev–Trinajstić information content (AvgIpc) is 3.78. The lowest BCUT2D eigenvalue weighted by Crippen LogP contribution is -2.33. The number of nitrogens with zero attached hydrogens (tertiary/aromatic N) is 3. The number of benzene rings is 3. The smallest absolute Gasteiger partial charge is 0.277 e. The molecule has 11 heteroatoms. The Balaban J connectivity index is 1.63. The fourth-order valence-electron chi connectivity index (χ4n) is 5.34. The molecule has 1 saturated carbocycles. The number of hydrogen-bond acceptors (Lipinski definition) is 7. The van der Waals surface area contributed by atoms with Crippen molar-refractivity contribution >= 4 is 15.7 Å². The summed E-state index contributed by atoms with van der Waals surface area (Å²) in [6.07, 6.45) is 2.40. The quantitative estimate of drug-likeness (QED) is 0.273.